The highest BCUT2D eigenvalue weighted by Crippen LogP contribution is 2.34. The summed E-state index contributed by atoms with van der Waals surface area (Å²) in [6.07, 6.45) is 1.06. The Morgan fingerprint density at radius 3 is 2.75 bits per heavy atom. The van der Waals surface area contributed by atoms with Crippen LogP contribution in [0, 0.1) is 5.92 Å². The molecule has 1 N–H and O–H groups in total. The number of fused-ring (bicyclic) bond motifs is 1. The minimum atomic E-state index is -4.35. The first-order chi connectivity index (χ1) is 13.4. The van der Waals surface area contributed by atoms with E-state index in [-0.39, 0.29) is 18.4 Å². The van der Waals surface area contributed by atoms with Crippen LogP contribution in [-0.4, -0.2) is 42.6 Å². The summed E-state index contributed by atoms with van der Waals surface area (Å²) in [5.41, 5.74) is 0.905. The molecule has 0 radical (unpaired) electrons. The van der Waals surface area contributed by atoms with Crippen molar-refractivity contribution in [2.45, 2.75) is 63.3 Å². The third-order valence-corrected chi connectivity index (χ3v) is 6.27. The second-order valence-electron chi connectivity index (χ2n) is 8.28. The molecule has 1 aliphatic carbocycles. The van der Waals surface area contributed by atoms with Crippen molar-refractivity contribution >= 4 is 5.91 Å². The topological polar surface area (TPSA) is 41.6 Å². The lowest BCUT2D eigenvalue weighted by Gasteiger charge is -2.31. The Balaban J connectivity index is 1.36. The summed E-state index contributed by atoms with van der Waals surface area (Å²) in [4.78, 5) is 14.7. The van der Waals surface area contributed by atoms with Gasteiger partial charge in [0.2, 0.25) is 5.91 Å². The second-order valence-corrected chi connectivity index (χ2v) is 8.28. The third-order valence-electron chi connectivity index (χ3n) is 6.27. The first-order valence-corrected chi connectivity index (χ1v) is 10.2. The highest BCUT2D eigenvalue weighted by Gasteiger charge is 2.36. The van der Waals surface area contributed by atoms with E-state index in [9.17, 15) is 18.0 Å². The lowest BCUT2D eigenvalue weighted by atomic mass is 9.95. The standard InChI is InChI=1S/C21H27F3N2O2/c22-21(23,24)17-5-3-14-7-8-26(12-16(14)10-17)20(27)15-4-6-18(11-15)25-19-2-1-9-28-13-19/h3,5,10,15,18-19,25H,1-2,4,6-9,11-13H2. The van der Waals surface area contributed by atoms with Gasteiger partial charge < -0.3 is 15.0 Å². The van der Waals surface area contributed by atoms with Gasteiger partial charge in [-0.25, -0.2) is 0 Å². The number of hydrogen-bond donors (Lipinski definition) is 1. The van der Waals surface area contributed by atoms with Crippen molar-refractivity contribution in [3.05, 3.63) is 34.9 Å². The van der Waals surface area contributed by atoms with Crippen LogP contribution in [0.1, 0.15) is 48.8 Å². The van der Waals surface area contributed by atoms with E-state index in [2.05, 4.69) is 5.32 Å². The van der Waals surface area contributed by atoms with Gasteiger partial charge in [-0.3, -0.25) is 4.79 Å². The summed E-state index contributed by atoms with van der Waals surface area (Å²) in [7, 11) is 0. The van der Waals surface area contributed by atoms with Gasteiger partial charge in [-0.15, -0.1) is 0 Å². The predicted molar refractivity (Wildman–Crippen MR) is 98.7 cm³/mol. The zero-order chi connectivity index (χ0) is 19.7. The first kappa shape index (κ1) is 19.7. The Labute approximate surface area is 163 Å². The average Bonchev–Trinajstić information content (AvgIpc) is 3.15. The monoisotopic (exact) mass is 396 g/mol. The van der Waals surface area contributed by atoms with Crippen LogP contribution < -0.4 is 5.32 Å². The van der Waals surface area contributed by atoms with Gasteiger partial charge in [-0.05, 0) is 61.8 Å². The van der Waals surface area contributed by atoms with E-state index in [1.54, 1.807) is 11.0 Å². The zero-order valence-electron chi connectivity index (χ0n) is 15.9. The van der Waals surface area contributed by atoms with Crippen LogP contribution in [0.4, 0.5) is 13.2 Å². The molecule has 3 aliphatic rings. The van der Waals surface area contributed by atoms with Crippen LogP contribution in [-0.2, 0) is 28.7 Å². The molecule has 7 heteroatoms. The van der Waals surface area contributed by atoms with Crippen molar-refractivity contribution in [3.8, 4) is 0 Å². The van der Waals surface area contributed by atoms with Crippen molar-refractivity contribution in [3.63, 3.8) is 0 Å². The fourth-order valence-electron chi connectivity index (χ4n) is 4.74. The number of carbonyl (C=O) groups excluding carboxylic acids is 1. The van der Waals surface area contributed by atoms with Crippen molar-refractivity contribution in [2.24, 2.45) is 5.92 Å². The van der Waals surface area contributed by atoms with Gasteiger partial charge in [-0.1, -0.05) is 6.07 Å². The third kappa shape index (κ3) is 4.35. The molecular formula is C21H27F3N2O2. The number of halogens is 3. The van der Waals surface area contributed by atoms with Gasteiger partial charge in [0.05, 0.1) is 12.2 Å². The molecule has 2 aliphatic heterocycles. The molecule has 1 aromatic carbocycles. The van der Waals surface area contributed by atoms with E-state index >= 15 is 0 Å². The van der Waals surface area contributed by atoms with Crippen molar-refractivity contribution in [1.29, 1.82) is 0 Å². The predicted octanol–water partition coefficient (Wildman–Crippen LogP) is 3.53. The molecule has 154 valence electrons. The van der Waals surface area contributed by atoms with Crippen molar-refractivity contribution in [2.75, 3.05) is 19.8 Å². The van der Waals surface area contributed by atoms with Gasteiger partial charge in [-0.2, -0.15) is 13.2 Å². The SMILES string of the molecule is O=C(C1CCC(NC2CCCOC2)C1)N1CCc2ccc(C(F)(F)F)cc2C1. The number of carbonyl (C=O) groups is 1. The molecule has 4 nitrogen and oxygen atoms in total. The minimum Gasteiger partial charge on any atom is -0.380 e. The molecule has 0 spiro atoms. The summed E-state index contributed by atoms with van der Waals surface area (Å²) in [5, 5.41) is 3.62. The van der Waals surface area contributed by atoms with Gasteiger partial charge in [0.15, 0.2) is 0 Å². The average molecular weight is 396 g/mol. The van der Waals surface area contributed by atoms with Gasteiger partial charge >= 0.3 is 6.18 Å². The summed E-state index contributed by atoms with van der Waals surface area (Å²) in [5.74, 6) is 0.0570. The van der Waals surface area contributed by atoms with E-state index < -0.39 is 11.7 Å². The lowest BCUT2D eigenvalue weighted by Crippen LogP contribution is -2.43. The van der Waals surface area contributed by atoms with E-state index in [0.29, 0.717) is 30.6 Å². The lowest BCUT2D eigenvalue weighted by molar-refractivity contribution is -0.137. The van der Waals surface area contributed by atoms with Gasteiger partial charge in [0.1, 0.15) is 0 Å². The molecule has 1 saturated heterocycles. The summed E-state index contributed by atoms with van der Waals surface area (Å²) >= 11 is 0. The number of nitrogens with zero attached hydrogens (tertiary/aromatic N) is 1. The van der Waals surface area contributed by atoms with Crippen LogP contribution in [0.5, 0.6) is 0 Å². The van der Waals surface area contributed by atoms with Crippen LogP contribution >= 0.6 is 0 Å². The maximum atomic E-state index is 13.0. The molecule has 1 saturated carbocycles. The maximum Gasteiger partial charge on any atom is 0.416 e. The normalized spacial score (nSPS) is 28.2. The smallest absolute Gasteiger partial charge is 0.380 e. The molecule has 2 fully saturated rings. The van der Waals surface area contributed by atoms with Gasteiger partial charge in [0.25, 0.3) is 0 Å². The zero-order valence-corrected chi connectivity index (χ0v) is 15.9. The summed E-state index contributed by atoms with van der Waals surface area (Å²) in [6, 6.07) is 4.60. The number of hydrogen-bond acceptors (Lipinski definition) is 3. The molecule has 2 heterocycles. The molecule has 0 aromatic heterocycles. The fraction of sp³-hybridized carbons (Fsp3) is 0.667. The molecule has 4 rings (SSSR count). The number of rotatable bonds is 3. The Morgan fingerprint density at radius 2 is 2.00 bits per heavy atom. The molecule has 1 aromatic rings. The van der Waals surface area contributed by atoms with E-state index in [0.717, 1.165) is 56.9 Å². The minimum absolute atomic E-state index is 0.0330. The van der Waals surface area contributed by atoms with E-state index in [1.807, 2.05) is 0 Å². The number of benzene rings is 1. The first-order valence-electron chi connectivity index (χ1n) is 10.2. The van der Waals surface area contributed by atoms with Crippen LogP contribution in [0.3, 0.4) is 0 Å². The Hall–Kier alpha value is -1.60. The Morgan fingerprint density at radius 1 is 1.14 bits per heavy atom. The highest BCUT2D eigenvalue weighted by atomic mass is 19.4. The fourth-order valence-corrected chi connectivity index (χ4v) is 4.74. The van der Waals surface area contributed by atoms with Crippen LogP contribution in [0.15, 0.2) is 18.2 Å². The quantitative estimate of drug-likeness (QED) is 0.850. The molecule has 3 unspecified atom stereocenters. The number of amides is 1. The molecule has 3 atom stereocenters. The molecule has 0 bridgehead atoms. The van der Waals surface area contributed by atoms with Crippen LogP contribution in [0.25, 0.3) is 0 Å². The van der Waals surface area contributed by atoms with Crippen LogP contribution in [0.2, 0.25) is 0 Å². The molecule has 1 amide bonds. The molecular weight excluding hydrogens is 369 g/mol. The second kappa shape index (κ2) is 8.03. The maximum absolute atomic E-state index is 13.0. The highest BCUT2D eigenvalue weighted by molar-refractivity contribution is 5.79. The number of alkyl halides is 3. The molecule has 28 heavy (non-hydrogen) atoms. The van der Waals surface area contributed by atoms with Gasteiger partial charge in [0, 0.05) is 37.7 Å². The number of nitrogens with one attached hydrogen (secondary N) is 1. The van der Waals surface area contributed by atoms with E-state index in [1.165, 1.54) is 6.07 Å². The van der Waals surface area contributed by atoms with E-state index in [4.69, 9.17) is 4.74 Å². The Kier molecular flexibility index (Phi) is 5.65. The summed E-state index contributed by atoms with van der Waals surface area (Å²) < 4.78 is 44.5. The largest absolute Gasteiger partial charge is 0.416 e. The summed E-state index contributed by atoms with van der Waals surface area (Å²) in [6.45, 7) is 2.43. The number of ether oxygens (including phenoxy) is 1. The van der Waals surface area contributed by atoms with Crippen molar-refractivity contribution in [1.82, 2.24) is 10.2 Å². The Bertz CT molecular complexity index is 716. The van der Waals surface area contributed by atoms with Crippen molar-refractivity contribution < 1.29 is 22.7 Å².